The maximum Gasteiger partial charge on any atom is 0.284 e. The average molecular weight is 292 g/mol. The van der Waals surface area contributed by atoms with Crippen LogP contribution >= 0.6 is 0 Å². The van der Waals surface area contributed by atoms with Crippen LogP contribution in [0.15, 0.2) is 21.5 Å². The van der Waals surface area contributed by atoms with E-state index in [2.05, 4.69) is 36.0 Å². The molecule has 6 heteroatoms. The number of likely N-dealkylation sites (tertiary alicyclic amines) is 1. The van der Waals surface area contributed by atoms with Crippen LogP contribution in [0, 0.1) is 5.41 Å². The van der Waals surface area contributed by atoms with E-state index in [-0.39, 0.29) is 5.76 Å². The van der Waals surface area contributed by atoms with Crippen LogP contribution in [0.25, 0.3) is 0 Å². The monoisotopic (exact) mass is 292 g/mol. The SMILES string of the molecule is CCNC(=NCc1ccc(C(N)=O)o1)N1CCC(C)(C)C1. The van der Waals surface area contributed by atoms with Crippen LogP contribution in [0.3, 0.4) is 0 Å². The van der Waals surface area contributed by atoms with Gasteiger partial charge in [0.05, 0.1) is 0 Å². The fourth-order valence-corrected chi connectivity index (χ4v) is 2.47. The molecule has 0 bridgehead atoms. The van der Waals surface area contributed by atoms with Crippen molar-refractivity contribution in [3.63, 3.8) is 0 Å². The van der Waals surface area contributed by atoms with Crippen LogP contribution < -0.4 is 11.1 Å². The van der Waals surface area contributed by atoms with Gasteiger partial charge in [0.1, 0.15) is 12.3 Å². The Hall–Kier alpha value is -1.98. The minimum atomic E-state index is -0.557. The predicted molar refractivity (Wildman–Crippen MR) is 82.0 cm³/mol. The van der Waals surface area contributed by atoms with Crippen molar-refractivity contribution in [3.8, 4) is 0 Å². The zero-order valence-electron chi connectivity index (χ0n) is 13.0. The van der Waals surface area contributed by atoms with Crippen molar-refractivity contribution in [2.75, 3.05) is 19.6 Å². The van der Waals surface area contributed by atoms with Gasteiger partial charge in [0.25, 0.3) is 5.91 Å². The zero-order valence-corrected chi connectivity index (χ0v) is 13.0. The van der Waals surface area contributed by atoms with Gasteiger partial charge in [-0.1, -0.05) is 13.8 Å². The minimum Gasteiger partial charge on any atom is -0.454 e. The Kier molecular flexibility index (Phi) is 4.55. The number of primary amides is 1. The Morgan fingerprint density at radius 2 is 2.29 bits per heavy atom. The number of hydrogen-bond donors (Lipinski definition) is 2. The second-order valence-corrected chi connectivity index (χ2v) is 6.14. The number of carbonyl (C=O) groups is 1. The van der Waals surface area contributed by atoms with Crippen molar-refractivity contribution in [2.45, 2.75) is 33.7 Å². The van der Waals surface area contributed by atoms with E-state index in [1.807, 2.05) is 0 Å². The number of nitrogens with zero attached hydrogens (tertiary/aromatic N) is 2. The maximum atomic E-state index is 11.0. The number of aliphatic imine (C=N–C) groups is 1. The fourth-order valence-electron chi connectivity index (χ4n) is 2.47. The molecule has 0 radical (unpaired) electrons. The van der Waals surface area contributed by atoms with Crippen LogP contribution in [-0.4, -0.2) is 36.4 Å². The molecule has 0 aliphatic carbocycles. The topological polar surface area (TPSA) is 83.9 Å². The number of amides is 1. The van der Waals surface area contributed by atoms with Gasteiger partial charge >= 0.3 is 0 Å². The second kappa shape index (κ2) is 6.20. The van der Waals surface area contributed by atoms with Crippen LogP contribution in [-0.2, 0) is 6.54 Å². The van der Waals surface area contributed by atoms with Crippen LogP contribution in [0.2, 0.25) is 0 Å². The third-order valence-electron chi connectivity index (χ3n) is 3.60. The Labute approximate surface area is 125 Å². The molecule has 1 aliphatic rings. The minimum absolute atomic E-state index is 0.174. The molecule has 1 aromatic rings. The highest BCUT2D eigenvalue weighted by molar-refractivity contribution is 5.89. The molecule has 1 saturated heterocycles. The van der Waals surface area contributed by atoms with Crippen molar-refractivity contribution in [3.05, 3.63) is 23.7 Å². The second-order valence-electron chi connectivity index (χ2n) is 6.14. The Balaban J connectivity index is 2.05. The van der Waals surface area contributed by atoms with Gasteiger partial charge in [-0.05, 0) is 30.9 Å². The van der Waals surface area contributed by atoms with Crippen molar-refractivity contribution < 1.29 is 9.21 Å². The summed E-state index contributed by atoms with van der Waals surface area (Å²) in [7, 11) is 0. The first-order valence-electron chi connectivity index (χ1n) is 7.33. The molecule has 2 heterocycles. The molecule has 1 amide bonds. The summed E-state index contributed by atoms with van der Waals surface area (Å²) in [5.41, 5.74) is 5.49. The lowest BCUT2D eigenvalue weighted by Gasteiger charge is -2.23. The standard InChI is InChI=1S/C15H24N4O2/c1-4-17-14(19-8-7-15(2,3)10-19)18-9-11-5-6-12(21-11)13(16)20/h5-6H,4,7-10H2,1-3H3,(H2,16,20)(H,17,18). The van der Waals surface area contributed by atoms with Gasteiger partial charge in [0.15, 0.2) is 11.7 Å². The number of carbonyl (C=O) groups excluding carboxylic acids is 1. The van der Waals surface area contributed by atoms with Gasteiger partial charge in [-0.2, -0.15) is 0 Å². The molecule has 0 unspecified atom stereocenters. The maximum absolute atomic E-state index is 11.0. The molecule has 3 N–H and O–H groups in total. The largest absolute Gasteiger partial charge is 0.454 e. The number of nitrogens with two attached hydrogens (primary N) is 1. The van der Waals surface area contributed by atoms with E-state index < -0.39 is 5.91 Å². The van der Waals surface area contributed by atoms with Crippen molar-refractivity contribution in [1.29, 1.82) is 0 Å². The summed E-state index contributed by atoms with van der Waals surface area (Å²) in [6.07, 6.45) is 1.16. The van der Waals surface area contributed by atoms with E-state index >= 15 is 0 Å². The summed E-state index contributed by atoms with van der Waals surface area (Å²) in [6, 6.07) is 3.32. The van der Waals surface area contributed by atoms with Crippen LogP contribution in [0.4, 0.5) is 0 Å². The third-order valence-corrected chi connectivity index (χ3v) is 3.60. The van der Waals surface area contributed by atoms with Gasteiger partial charge in [-0.25, -0.2) is 4.99 Å². The van der Waals surface area contributed by atoms with Crippen molar-refractivity contribution in [2.24, 2.45) is 16.1 Å². The summed E-state index contributed by atoms with van der Waals surface area (Å²) < 4.78 is 5.35. The third kappa shape index (κ3) is 4.00. The van der Waals surface area contributed by atoms with Gasteiger partial charge < -0.3 is 20.4 Å². The molecule has 1 aromatic heterocycles. The van der Waals surface area contributed by atoms with Gasteiger partial charge in [0, 0.05) is 19.6 Å². The summed E-state index contributed by atoms with van der Waals surface area (Å²) in [5.74, 6) is 1.14. The molecule has 1 fully saturated rings. The normalized spacial score (nSPS) is 18.0. The smallest absolute Gasteiger partial charge is 0.284 e. The molecule has 0 atom stereocenters. The molecule has 1 aliphatic heterocycles. The average Bonchev–Trinajstić information content (AvgIpc) is 3.01. The lowest BCUT2D eigenvalue weighted by Crippen LogP contribution is -2.40. The van der Waals surface area contributed by atoms with Crippen molar-refractivity contribution in [1.82, 2.24) is 10.2 Å². The highest BCUT2D eigenvalue weighted by Gasteiger charge is 2.30. The van der Waals surface area contributed by atoms with E-state index in [1.54, 1.807) is 12.1 Å². The fraction of sp³-hybridized carbons (Fsp3) is 0.600. The van der Waals surface area contributed by atoms with Crippen molar-refractivity contribution >= 4 is 11.9 Å². The molecule has 6 nitrogen and oxygen atoms in total. The van der Waals surface area contributed by atoms with Gasteiger partial charge in [-0.3, -0.25) is 4.79 Å². The Morgan fingerprint density at radius 1 is 1.52 bits per heavy atom. The molecular formula is C15H24N4O2. The Bertz CT molecular complexity index is 534. The predicted octanol–water partition coefficient (Wildman–Crippen LogP) is 1.58. The number of hydrogen-bond acceptors (Lipinski definition) is 3. The van der Waals surface area contributed by atoms with E-state index in [0.29, 0.717) is 17.7 Å². The molecule has 116 valence electrons. The van der Waals surface area contributed by atoms with Gasteiger partial charge in [0.2, 0.25) is 0 Å². The number of furan rings is 1. The first-order valence-corrected chi connectivity index (χ1v) is 7.33. The number of guanidine groups is 1. The highest BCUT2D eigenvalue weighted by Crippen LogP contribution is 2.28. The van der Waals surface area contributed by atoms with Gasteiger partial charge in [-0.15, -0.1) is 0 Å². The lowest BCUT2D eigenvalue weighted by molar-refractivity contribution is 0.0972. The Morgan fingerprint density at radius 3 is 2.81 bits per heavy atom. The summed E-state index contributed by atoms with van der Waals surface area (Å²) in [5, 5.41) is 3.30. The molecule has 21 heavy (non-hydrogen) atoms. The zero-order chi connectivity index (χ0) is 15.5. The van der Waals surface area contributed by atoms with E-state index in [4.69, 9.17) is 10.2 Å². The van der Waals surface area contributed by atoms with Crippen LogP contribution in [0.5, 0.6) is 0 Å². The first kappa shape index (κ1) is 15.4. The molecule has 0 saturated carbocycles. The number of rotatable bonds is 4. The summed E-state index contributed by atoms with van der Waals surface area (Å²) >= 11 is 0. The summed E-state index contributed by atoms with van der Waals surface area (Å²) in [6.45, 7) is 9.79. The van der Waals surface area contributed by atoms with E-state index in [1.165, 1.54) is 0 Å². The first-order chi connectivity index (χ1) is 9.91. The van der Waals surface area contributed by atoms with E-state index in [0.717, 1.165) is 32.0 Å². The number of nitrogens with one attached hydrogen (secondary N) is 1. The van der Waals surface area contributed by atoms with E-state index in [9.17, 15) is 4.79 Å². The molecule has 0 aromatic carbocycles. The molecule has 0 spiro atoms. The highest BCUT2D eigenvalue weighted by atomic mass is 16.3. The van der Waals surface area contributed by atoms with Crippen LogP contribution in [0.1, 0.15) is 43.5 Å². The molecular weight excluding hydrogens is 268 g/mol. The molecule has 2 rings (SSSR count). The summed E-state index contributed by atoms with van der Waals surface area (Å²) in [4.78, 5) is 17.9. The lowest BCUT2D eigenvalue weighted by atomic mass is 9.93. The quantitative estimate of drug-likeness (QED) is 0.652.